The summed E-state index contributed by atoms with van der Waals surface area (Å²) in [7, 11) is 0. The Morgan fingerprint density at radius 2 is 1.66 bits per heavy atom. The van der Waals surface area contributed by atoms with Crippen molar-refractivity contribution in [3.05, 3.63) is 69.7 Å². The second-order valence-corrected chi connectivity index (χ2v) is 9.82. The quantitative estimate of drug-likeness (QED) is 0.547. The van der Waals surface area contributed by atoms with E-state index in [1.54, 1.807) is 12.1 Å². The van der Waals surface area contributed by atoms with Gasteiger partial charge in [0.15, 0.2) is 0 Å². The second kappa shape index (κ2) is 8.69. The largest absolute Gasteiger partial charge is 0.394 e. The molecule has 5 rings (SSSR count). The molecule has 32 heavy (non-hydrogen) atoms. The maximum atomic E-state index is 10.4. The number of aliphatic hydroxyl groups is 4. The van der Waals surface area contributed by atoms with Crippen molar-refractivity contribution in [2.75, 3.05) is 13.2 Å². The van der Waals surface area contributed by atoms with E-state index in [4.69, 9.17) is 21.1 Å². The molecule has 3 aliphatic rings. The molecule has 2 aromatic carbocycles. The summed E-state index contributed by atoms with van der Waals surface area (Å²) in [6, 6.07) is 13.9. The number of aliphatic hydroxyl groups excluding tert-OH is 4. The minimum Gasteiger partial charge on any atom is -0.394 e. The molecule has 172 valence electrons. The van der Waals surface area contributed by atoms with Gasteiger partial charge in [0.2, 0.25) is 0 Å². The van der Waals surface area contributed by atoms with E-state index in [1.165, 1.54) is 18.4 Å². The zero-order valence-corrected chi connectivity index (χ0v) is 18.5. The Morgan fingerprint density at radius 3 is 2.31 bits per heavy atom. The first kappa shape index (κ1) is 22.3. The molecule has 1 saturated carbocycles. The van der Waals surface area contributed by atoms with Crippen LogP contribution in [0.15, 0.2) is 42.5 Å². The average Bonchev–Trinajstić information content (AvgIpc) is 3.43. The van der Waals surface area contributed by atoms with Crippen LogP contribution >= 0.6 is 11.6 Å². The number of hydrogen-bond donors (Lipinski definition) is 4. The van der Waals surface area contributed by atoms with Crippen LogP contribution in [0.1, 0.15) is 53.5 Å². The van der Waals surface area contributed by atoms with Crippen molar-refractivity contribution in [1.82, 2.24) is 0 Å². The third kappa shape index (κ3) is 4.21. The van der Waals surface area contributed by atoms with Crippen LogP contribution < -0.4 is 0 Å². The lowest BCUT2D eigenvalue weighted by Crippen LogP contribution is -2.55. The predicted molar refractivity (Wildman–Crippen MR) is 119 cm³/mol. The Kier molecular flexibility index (Phi) is 6.05. The number of ether oxygens (including phenoxy) is 2. The lowest BCUT2D eigenvalue weighted by molar-refractivity contribution is -0.231. The predicted octanol–water partition coefficient (Wildman–Crippen LogP) is 2.48. The normalized spacial score (nSPS) is 33.5. The van der Waals surface area contributed by atoms with E-state index < -0.39 is 37.1 Å². The van der Waals surface area contributed by atoms with Crippen LogP contribution in [0.3, 0.4) is 0 Å². The Bertz CT molecular complexity index is 957. The molecular formula is C25H29ClO6. The molecule has 6 atom stereocenters. The van der Waals surface area contributed by atoms with Crippen LogP contribution in [0.25, 0.3) is 0 Å². The highest BCUT2D eigenvalue weighted by Crippen LogP contribution is 2.51. The fraction of sp³-hybridized carbons (Fsp3) is 0.520. The van der Waals surface area contributed by atoms with Gasteiger partial charge in [-0.05, 0) is 54.0 Å². The summed E-state index contributed by atoms with van der Waals surface area (Å²) in [5.74, 6) is 0.463. The lowest BCUT2D eigenvalue weighted by Gasteiger charge is -2.40. The first-order chi connectivity index (χ1) is 15.4. The van der Waals surface area contributed by atoms with Crippen LogP contribution in [-0.2, 0) is 15.9 Å². The van der Waals surface area contributed by atoms with E-state index in [0.29, 0.717) is 22.9 Å². The van der Waals surface area contributed by atoms with E-state index in [0.717, 1.165) is 24.2 Å². The van der Waals surface area contributed by atoms with Crippen LogP contribution in [-0.4, -0.2) is 63.7 Å². The number of hydrogen-bond acceptors (Lipinski definition) is 6. The molecular weight excluding hydrogens is 432 g/mol. The van der Waals surface area contributed by atoms with Gasteiger partial charge in [-0.2, -0.15) is 0 Å². The van der Waals surface area contributed by atoms with Gasteiger partial charge < -0.3 is 29.9 Å². The minimum atomic E-state index is -1.41. The smallest absolute Gasteiger partial charge is 0.113 e. The van der Waals surface area contributed by atoms with Gasteiger partial charge in [-0.1, -0.05) is 48.0 Å². The van der Waals surface area contributed by atoms with Crippen molar-refractivity contribution in [2.45, 2.75) is 67.7 Å². The van der Waals surface area contributed by atoms with Crippen LogP contribution in [0.5, 0.6) is 0 Å². The third-order valence-corrected chi connectivity index (χ3v) is 7.52. The van der Waals surface area contributed by atoms with Gasteiger partial charge in [-0.25, -0.2) is 0 Å². The number of halogens is 1. The van der Waals surface area contributed by atoms with Crippen LogP contribution in [0, 0.1) is 0 Å². The summed E-state index contributed by atoms with van der Waals surface area (Å²) in [5.41, 5.74) is 4.09. The van der Waals surface area contributed by atoms with Gasteiger partial charge in [0.25, 0.3) is 0 Å². The van der Waals surface area contributed by atoms with Crippen LogP contribution in [0.2, 0.25) is 5.02 Å². The maximum Gasteiger partial charge on any atom is 0.113 e. The lowest BCUT2D eigenvalue weighted by atomic mass is 9.90. The molecule has 1 spiro atoms. The van der Waals surface area contributed by atoms with Crippen LogP contribution in [0.4, 0.5) is 0 Å². The van der Waals surface area contributed by atoms with Crippen molar-refractivity contribution in [3.8, 4) is 0 Å². The molecule has 2 saturated heterocycles. The van der Waals surface area contributed by atoms with Gasteiger partial charge in [0.1, 0.15) is 30.5 Å². The van der Waals surface area contributed by atoms with Gasteiger partial charge in [0, 0.05) is 10.9 Å². The van der Waals surface area contributed by atoms with E-state index in [2.05, 4.69) is 24.3 Å². The topological polar surface area (TPSA) is 99.4 Å². The summed E-state index contributed by atoms with van der Waals surface area (Å²) in [6.45, 7) is 0.341. The molecule has 2 aliphatic heterocycles. The Hall–Kier alpha value is -1.51. The fourth-order valence-electron chi connectivity index (χ4n) is 4.96. The Labute approximate surface area is 192 Å². The molecule has 4 N–H and O–H groups in total. The molecule has 6 nitrogen and oxygen atoms in total. The van der Waals surface area contributed by atoms with E-state index in [-0.39, 0.29) is 5.60 Å². The summed E-state index contributed by atoms with van der Waals surface area (Å²) >= 11 is 6.45. The van der Waals surface area contributed by atoms with E-state index in [9.17, 15) is 20.4 Å². The zero-order valence-electron chi connectivity index (χ0n) is 17.7. The highest BCUT2D eigenvalue weighted by atomic mass is 35.5. The molecule has 3 fully saturated rings. The maximum absolute atomic E-state index is 10.4. The molecule has 0 bridgehead atoms. The summed E-state index contributed by atoms with van der Waals surface area (Å²) < 4.78 is 11.7. The molecule has 7 heteroatoms. The fourth-order valence-corrected chi connectivity index (χ4v) is 5.14. The third-order valence-electron chi connectivity index (χ3n) is 7.15. The van der Waals surface area contributed by atoms with Gasteiger partial charge in [-0.3, -0.25) is 0 Å². The molecule has 6 unspecified atom stereocenters. The summed E-state index contributed by atoms with van der Waals surface area (Å²) in [4.78, 5) is 0. The number of benzene rings is 2. The molecule has 2 aromatic rings. The van der Waals surface area contributed by atoms with E-state index in [1.807, 2.05) is 6.07 Å². The van der Waals surface area contributed by atoms with Crippen molar-refractivity contribution in [2.24, 2.45) is 0 Å². The first-order valence-electron chi connectivity index (χ1n) is 11.2. The summed E-state index contributed by atoms with van der Waals surface area (Å²) in [5, 5.41) is 40.6. The van der Waals surface area contributed by atoms with Gasteiger partial charge in [-0.15, -0.1) is 0 Å². The Morgan fingerprint density at radius 1 is 0.938 bits per heavy atom. The molecule has 0 radical (unpaired) electrons. The molecule has 2 heterocycles. The Balaban J connectivity index is 1.32. The van der Waals surface area contributed by atoms with Crippen molar-refractivity contribution in [3.63, 3.8) is 0 Å². The minimum absolute atomic E-state index is 0.168. The highest BCUT2D eigenvalue weighted by Gasteiger charge is 2.50. The standard InChI is InChI=1S/C25H29ClO6/c26-19-6-5-16(24-23(30)22(29)21(28)20(12-27)32-24)10-17(19)9-14-1-3-15(4-2-14)18-11-25(7-8-25)31-13-18/h1-6,10,18,20-24,27-30H,7-9,11-13H2. The molecule has 0 aromatic heterocycles. The monoisotopic (exact) mass is 460 g/mol. The number of rotatable bonds is 5. The SMILES string of the molecule is OCC1OC(c2ccc(Cl)c(Cc3ccc(C4COC5(CC5)C4)cc3)c2)C(O)C(O)C1O. The summed E-state index contributed by atoms with van der Waals surface area (Å²) in [6.07, 6.45) is -1.83. The first-order valence-corrected chi connectivity index (χ1v) is 11.6. The van der Waals surface area contributed by atoms with Crippen molar-refractivity contribution in [1.29, 1.82) is 0 Å². The highest BCUT2D eigenvalue weighted by molar-refractivity contribution is 6.31. The van der Waals surface area contributed by atoms with Crippen molar-refractivity contribution >= 4 is 11.6 Å². The van der Waals surface area contributed by atoms with Crippen molar-refractivity contribution < 1.29 is 29.9 Å². The zero-order chi connectivity index (χ0) is 22.5. The van der Waals surface area contributed by atoms with Gasteiger partial charge in [0.05, 0.1) is 18.8 Å². The molecule has 0 amide bonds. The second-order valence-electron chi connectivity index (χ2n) is 9.41. The average molecular weight is 461 g/mol. The molecule has 1 aliphatic carbocycles. The van der Waals surface area contributed by atoms with E-state index >= 15 is 0 Å². The van der Waals surface area contributed by atoms with Gasteiger partial charge >= 0.3 is 0 Å².